The Morgan fingerprint density at radius 1 is 1.32 bits per heavy atom. The summed E-state index contributed by atoms with van der Waals surface area (Å²) in [4.78, 5) is 12.0. The standard InChI is InChI=1S/C16H20FN3O4S/c1-10-5-6-13(7-14(10)17)8-18-15(21)9-20(4)25(22,23)16-11(2)19-24-12(16)3/h5-7H,8-9H2,1-4H3,(H,18,21). The lowest BCUT2D eigenvalue weighted by molar-refractivity contribution is -0.121. The van der Waals surface area contributed by atoms with Gasteiger partial charge >= 0.3 is 0 Å². The molecule has 0 aliphatic heterocycles. The molecule has 0 aliphatic rings. The number of amides is 1. The van der Waals surface area contributed by atoms with Gasteiger partial charge in [-0.05, 0) is 38.0 Å². The number of benzene rings is 1. The van der Waals surface area contributed by atoms with Crippen LogP contribution in [-0.4, -0.2) is 37.4 Å². The molecule has 0 aliphatic carbocycles. The maximum absolute atomic E-state index is 13.5. The lowest BCUT2D eigenvalue weighted by Gasteiger charge is -2.16. The highest BCUT2D eigenvalue weighted by Crippen LogP contribution is 2.22. The van der Waals surface area contributed by atoms with E-state index in [2.05, 4.69) is 10.5 Å². The average Bonchev–Trinajstić information content (AvgIpc) is 2.87. The number of carbonyl (C=O) groups is 1. The van der Waals surface area contributed by atoms with Crippen molar-refractivity contribution >= 4 is 15.9 Å². The van der Waals surface area contributed by atoms with Crippen molar-refractivity contribution in [2.45, 2.75) is 32.2 Å². The second kappa shape index (κ2) is 7.32. The summed E-state index contributed by atoms with van der Waals surface area (Å²) >= 11 is 0. The first-order valence-corrected chi connectivity index (χ1v) is 8.98. The van der Waals surface area contributed by atoms with E-state index in [0.717, 1.165) is 4.31 Å². The molecule has 2 aromatic rings. The number of rotatable bonds is 6. The fourth-order valence-electron chi connectivity index (χ4n) is 2.29. The van der Waals surface area contributed by atoms with E-state index in [-0.39, 0.29) is 35.3 Å². The van der Waals surface area contributed by atoms with Crippen molar-refractivity contribution in [3.05, 3.63) is 46.6 Å². The molecule has 0 fully saturated rings. The first-order valence-electron chi connectivity index (χ1n) is 7.54. The largest absolute Gasteiger partial charge is 0.360 e. The van der Waals surface area contributed by atoms with Gasteiger partial charge < -0.3 is 9.84 Å². The van der Waals surface area contributed by atoms with E-state index in [4.69, 9.17) is 4.52 Å². The van der Waals surface area contributed by atoms with Crippen molar-refractivity contribution in [2.75, 3.05) is 13.6 Å². The van der Waals surface area contributed by atoms with E-state index in [9.17, 15) is 17.6 Å². The summed E-state index contributed by atoms with van der Waals surface area (Å²) < 4.78 is 44.3. The van der Waals surface area contributed by atoms with Crippen LogP contribution in [0.4, 0.5) is 4.39 Å². The van der Waals surface area contributed by atoms with Gasteiger partial charge in [0, 0.05) is 13.6 Å². The van der Waals surface area contributed by atoms with Crippen LogP contribution in [0.3, 0.4) is 0 Å². The van der Waals surface area contributed by atoms with Crippen LogP contribution in [0.15, 0.2) is 27.6 Å². The third-order valence-corrected chi connectivity index (χ3v) is 5.78. The molecule has 25 heavy (non-hydrogen) atoms. The van der Waals surface area contributed by atoms with Crippen LogP contribution in [-0.2, 0) is 21.4 Å². The molecule has 2 rings (SSSR count). The predicted octanol–water partition coefficient (Wildman–Crippen LogP) is 1.68. The Bertz CT molecular complexity index is 873. The number of halogens is 1. The van der Waals surface area contributed by atoms with E-state index in [1.165, 1.54) is 27.0 Å². The van der Waals surface area contributed by atoms with Gasteiger partial charge in [-0.1, -0.05) is 17.3 Å². The predicted molar refractivity (Wildman–Crippen MR) is 88.8 cm³/mol. The number of nitrogens with one attached hydrogen (secondary N) is 1. The normalized spacial score (nSPS) is 11.8. The zero-order chi connectivity index (χ0) is 18.8. The first-order chi connectivity index (χ1) is 11.6. The number of hydrogen-bond acceptors (Lipinski definition) is 5. The minimum absolute atomic E-state index is 0.0385. The van der Waals surface area contributed by atoms with Crippen LogP contribution in [0, 0.1) is 26.6 Å². The van der Waals surface area contributed by atoms with Gasteiger partial charge in [0.15, 0.2) is 5.76 Å². The van der Waals surface area contributed by atoms with Gasteiger partial charge in [-0.2, -0.15) is 4.31 Å². The summed E-state index contributed by atoms with van der Waals surface area (Å²) in [6, 6.07) is 4.65. The Balaban J connectivity index is 2.01. The summed E-state index contributed by atoms with van der Waals surface area (Å²) in [6.07, 6.45) is 0. The quantitative estimate of drug-likeness (QED) is 0.836. The molecular formula is C16H20FN3O4S. The molecular weight excluding hydrogens is 349 g/mol. The maximum atomic E-state index is 13.5. The van der Waals surface area contributed by atoms with E-state index in [0.29, 0.717) is 11.1 Å². The number of aromatic nitrogens is 1. The van der Waals surface area contributed by atoms with Gasteiger partial charge in [0.1, 0.15) is 16.4 Å². The van der Waals surface area contributed by atoms with Gasteiger partial charge in [-0.25, -0.2) is 12.8 Å². The van der Waals surface area contributed by atoms with Gasteiger partial charge in [0.2, 0.25) is 15.9 Å². The van der Waals surface area contributed by atoms with Crippen molar-refractivity contribution in [3.8, 4) is 0 Å². The molecule has 0 bridgehead atoms. The molecule has 9 heteroatoms. The molecule has 0 atom stereocenters. The summed E-state index contributed by atoms with van der Waals surface area (Å²) in [5.41, 5.74) is 1.34. The Morgan fingerprint density at radius 3 is 2.56 bits per heavy atom. The molecule has 0 radical (unpaired) electrons. The molecule has 0 saturated heterocycles. The van der Waals surface area contributed by atoms with Crippen LogP contribution in [0.5, 0.6) is 0 Å². The maximum Gasteiger partial charge on any atom is 0.248 e. The van der Waals surface area contributed by atoms with Gasteiger partial charge in [-0.15, -0.1) is 0 Å². The Labute approximate surface area is 145 Å². The first kappa shape index (κ1) is 19.1. The molecule has 7 nitrogen and oxygen atoms in total. The van der Waals surface area contributed by atoms with Crippen molar-refractivity contribution in [3.63, 3.8) is 0 Å². The van der Waals surface area contributed by atoms with Crippen LogP contribution in [0.1, 0.15) is 22.6 Å². The van der Waals surface area contributed by atoms with Crippen LogP contribution in [0.25, 0.3) is 0 Å². The highest BCUT2D eigenvalue weighted by Gasteiger charge is 2.29. The van der Waals surface area contributed by atoms with Crippen LogP contribution < -0.4 is 5.32 Å². The SMILES string of the molecule is Cc1ccc(CNC(=O)CN(C)S(=O)(=O)c2c(C)noc2C)cc1F. The molecule has 136 valence electrons. The van der Waals surface area contributed by atoms with E-state index in [1.807, 2.05) is 0 Å². The van der Waals surface area contributed by atoms with Crippen molar-refractivity contribution < 1.29 is 22.1 Å². The van der Waals surface area contributed by atoms with Crippen LogP contribution >= 0.6 is 0 Å². The monoisotopic (exact) mass is 369 g/mol. The van der Waals surface area contributed by atoms with Crippen molar-refractivity contribution in [1.82, 2.24) is 14.8 Å². The summed E-state index contributed by atoms with van der Waals surface area (Å²) in [5, 5.41) is 6.19. The van der Waals surface area contributed by atoms with Gasteiger partial charge in [-0.3, -0.25) is 4.79 Å². The number of sulfonamides is 1. The summed E-state index contributed by atoms with van der Waals surface area (Å²) in [6.45, 7) is 4.39. The van der Waals surface area contributed by atoms with E-state index >= 15 is 0 Å². The van der Waals surface area contributed by atoms with Crippen molar-refractivity contribution in [2.24, 2.45) is 0 Å². The topological polar surface area (TPSA) is 92.5 Å². The molecule has 0 spiro atoms. The lowest BCUT2D eigenvalue weighted by Crippen LogP contribution is -2.38. The Morgan fingerprint density at radius 2 is 2.00 bits per heavy atom. The van der Waals surface area contributed by atoms with Crippen LogP contribution in [0.2, 0.25) is 0 Å². The lowest BCUT2D eigenvalue weighted by atomic mass is 10.1. The molecule has 0 unspecified atom stereocenters. The number of likely N-dealkylation sites (N-methyl/N-ethyl adjacent to an activating group) is 1. The third kappa shape index (κ3) is 4.23. The number of nitrogens with zero attached hydrogens (tertiary/aromatic N) is 2. The third-order valence-electron chi connectivity index (χ3n) is 3.73. The second-order valence-electron chi connectivity index (χ2n) is 5.77. The summed E-state index contributed by atoms with van der Waals surface area (Å²) in [7, 11) is -2.59. The average molecular weight is 369 g/mol. The molecule has 1 aromatic heterocycles. The fraction of sp³-hybridized carbons (Fsp3) is 0.375. The minimum Gasteiger partial charge on any atom is -0.360 e. The zero-order valence-electron chi connectivity index (χ0n) is 14.5. The van der Waals surface area contributed by atoms with Crippen molar-refractivity contribution in [1.29, 1.82) is 0 Å². The number of aryl methyl sites for hydroxylation is 3. The Kier molecular flexibility index (Phi) is 5.58. The number of carbonyl (C=O) groups excluding carboxylic acids is 1. The smallest absolute Gasteiger partial charge is 0.248 e. The highest BCUT2D eigenvalue weighted by atomic mass is 32.2. The molecule has 1 heterocycles. The molecule has 1 amide bonds. The number of hydrogen-bond donors (Lipinski definition) is 1. The van der Waals surface area contributed by atoms with Gasteiger partial charge in [0.05, 0.1) is 6.54 Å². The highest BCUT2D eigenvalue weighted by molar-refractivity contribution is 7.89. The zero-order valence-corrected chi connectivity index (χ0v) is 15.3. The fourth-order valence-corrected chi connectivity index (χ4v) is 3.70. The van der Waals surface area contributed by atoms with E-state index in [1.54, 1.807) is 19.1 Å². The summed E-state index contributed by atoms with van der Waals surface area (Å²) in [5.74, 6) is -0.691. The second-order valence-corrected chi connectivity index (χ2v) is 7.76. The minimum atomic E-state index is -3.89. The Hall–Kier alpha value is -2.26. The molecule has 1 N–H and O–H groups in total. The molecule has 1 aromatic carbocycles. The molecule has 0 saturated carbocycles. The van der Waals surface area contributed by atoms with E-state index < -0.39 is 15.9 Å². The van der Waals surface area contributed by atoms with Gasteiger partial charge in [0.25, 0.3) is 0 Å².